The summed E-state index contributed by atoms with van der Waals surface area (Å²) in [5.41, 5.74) is 6.48. The van der Waals surface area contributed by atoms with E-state index in [0.29, 0.717) is 42.3 Å². The first kappa shape index (κ1) is 42.2. The van der Waals surface area contributed by atoms with Gasteiger partial charge in [-0.15, -0.1) is 6.58 Å². The Bertz CT molecular complexity index is 1360. The van der Waals surface area contributed by atoms with Gasteiger partial charge < -0.3 is 34.8 Å². The predicted octanol–water partition coefficient (Wildman–Crippen LogP) is 3.44. The first-order valence-corrected chi connectivity index (χ1v) is 15.2. The van der Waals surface area contributed by atoms with Crippen LogP contribution < -0.4 is 61.4 Å². The largest absolute Gasteiger partial charge is 1.00 e. The van der Waals surface area contributed by atoms with Crippen LogP contribution in [0, 0.1) is 0 Å². The number of benzene rings is 3. The van der Waals surface area contributed by atoms with Crippen LogP contribution in [0.2, 0.25) is 5.02 Å². The van der Waals surface area contributed by atoms with Gasteiger partial charge in [-0.3, -0.25) is 9.59 Å². The van der Waals surface area contributed by atoms with Gasteiger partial charge in [0.15, 0.2) is 0 Å². The number of carbonyl (C=O) groups is 3. The summed E-state index contributed by atoms with van der Waals surface area (Å²) in [6.45, 7) is 8.54. The molecule has 0 saturated heterocycles. The molecule has 11 heteroatoms. The Hall–Kier alpha value is -2.80. The summed E-state index contributed by atoms with van der Waals surface area (Å²) in [4.78, 5) is 45.7. The molecule has 2 amide bonds. The van der Waals surface area contributed by atoms with Gasteiger partial charge in [0.25, 0.3) is 0 Å². The van der Waals surface area contributed by atoms with Crippen molar-refractivity contribution in [3.05, 3.63) is 126 Å². The van der Waals surface area contributed by atoms with E-state index in [2.05, 4.69) is 28.7 Å². The smallest absolute Gasteiger partial charge is 0.558 e. The number of nitrogens with zero attached hydrogens (tertiary/aromatic N) is 2. The van der Waals surface area contributed by atoms with Crippen LogP contribution in [0.4, 0.5) is 5.69 Å². The minimum Gasteiger partial charge on any atom is -0.558 e. The van der Waals surface area contributed by atoms with Crippen molar-refractivity contribution in [1.82, 2.24) is 10.2 Å². The standard InChI is InChI=1S/C34H37ClN3O5.C2H6O.K/c1-3-20-38(21-19-26-11-7-5-8-12-26)33(40)18-16-29(25-39)36-34(41)32(23-27-13-9-6-10-14-27)43-37-30-17-15-28(35)24-31(30)42-22-4-2;1-3-2;/h3-15,17,24-25,29,32H,1-2,16,18-23H2,(H,36,41);1-2H3;/q-1;;+1/t29-,32+;;/m0../s1. The van der Waals surface area contributed by atoms with E-state index in [1.807, 2.05) is 60.7 Å². The fourth-order valence-electron chi connectivity index (χ4n) is 4.22. The third-order valence-electron chi connectivity index (χ3n) is 6.49. The zero-order chi connectivity index (χ0) is 33.6. The molecule has 3 rings (SSSR count). The van der Waals surface area contributed by atoms with Crippen molar-refractivity contribution >= 4 is 35.4 Å². The van der Waals surface area contributed by atoms with Gasteiger partial charge in [-0.2, -0.15) is 0 Å². The number of rotatable bonds is 19. The molecule has 0 fully saturated rings. The maximum absolute atomic E-state index is 13.4. The van der Waals surface area contributed by atoms with E-state index < -0.39 is 18.1 Å². The summed E-state index contributed by atoms with van der Waals surface area (Å²) in [5, 5.41) is 3.17. The Morgan fingerprint density at radius 1 is 0.979 bits per heavy atom. The monoisotopic (exact) mass is 687 g/mol. The molecule has 0 heterocycles. The average molecular weight is 688 g/mol. The number of ether oxygens (including phenoxy) is 2. The zero-order valence-corrected chi connectivity index (χ0v) is 31.4. The maximum Gasteiger partial charge on any atom is 1.00 e. The Labute approximate surface area is 326 Å². The van der Waals surface area contributed by atoms with Crippen LogP contribution in [0.1, 0.15) is 24.0 Å². The molecule has 0 aliphatic rings. The van der Waals surface area contributed by atoms with Gasteiger partial charge in [-0.25, -0.2) is 0 Å². The molecule has 0 aromatic heterocycles. The molecular formula is C36H43ClKN3O6. The summed E-state index contributed by atoms with van der Waals surface area (Å²) in [7, 11) is 3.25. The molecule has 3 aromatic carbocycles. The Kier molecular flexibility index (Phi) is 22.7. The third kappa shape index (κ3) is 16.7. The normalized spacial score (nSPS) is 11.3. The molecule has 0 bridgehead atoms. The van der Waals surface area contributed by atoms with E-state index in [4.69, 9.17) is 21.2 Å². The van der Waals surface area contributed by atoms with Gasteiger partial charge in [0, 0.05) is 45.2 Å². The van der Waals surface area contributed by atoms with Crippen LogP contribution in [0.25, 0.3) is 5.48 Å². The third-order valence-corrected chi connectivity index (χ3v) is 6.72. The SMILES string of the molecule is C=CCOc1cc(Cl)ccc1[N-]O[C@H](Cc1ccccc1)C(=O)N[C@H](C=O)CCC(=O)N(CC=C)CCc1ccccc1.COC.[K+]. The molecule has 0 unspecified atom stereocenters. The molecular weight excluding hydrogens is 645 g/mol. The summed E-state index contributed by atoms with van der Waals surface area (Å²) in [6.07, 6.45) is 3.94. The fourth-order valence-corrected chi connectivity index (χ4v) is 4.39. The van der Waals surface area contributed by atoms with Crippen molar-refractivity contribution in [3.8, 4) is 5.75 Å². The molecule has 0 aliphatic heterocycles. The van der Waals surface area contributed by atoms with E-state index in [-0.39, 0.29) is 83.2 Å². The first-order valence-electron chi connectivity index (χ1n) is 14.9. The van der Waals surface area contributed by atoms with Crippen LogP contribution in [0.3, 0.4) is 0 Å². The van der Waals surface area contributed by atoms with E-state index in [1.165, 1.54) is 0 Å². The van der Waals surface area contributed by atoms with E-state index in [1.54, 1.807) is 49.5 Å². The number of aldehydes is 1. The number of hydrogen-bond acceptors (Lipinski definition) is 6. The molecule has 0 aliphatic carbocycles. The molecule has 9 nitrogen and oxygen atoms in total. The van der Waals surface area contributed by atoms with Gasteiger partial charge in [0.05, 0.1) is 6.04 Å². The second-order valence-corrected chi connectivity index (χ2v) is 10.6. The second-order valence-electron chi connectivity index (χ2n) is 10.1. The van der Waals surface area contributed by atoms with Gasteiger partial charge in [0.1, 0.15) is 24.7 Å². The molecule has 1 N–H and O–H groups in total. The Morgan fingerprint density at radius 2 is 1.62 bits per heavy atom. The van der Waals surface area contributed by atoms with E-state index in [9.17, 15) is 14.4 Å². The molecule has 246 valence electrons. The van der Waals surface area contributed by atoms with Crippen LogP contribution in [0.15, 0.2) is 104 Å². The van der Waals surface area contributed by atoms with Gasteiger partial charge in [-0.05, 0) is 36.1 Å². The minimum atomic E-state index is -1.06. The topological polar surface area (TPSA) is 108 Å². The predicted molar refractivity (Wildman–Crippen MR) is 182 cm³/mol. The molecule has 0 saturated carbocycles. The molecule has 0 radical (unpaired) electrons. The molecule has 47 heavy (non-hydrogen) atoms. The number of hydrogen-bond donors (Lipinski definition) is 1. The van der Waals surface area contributed by atoms with Crippen LogP contribution >= 0.6 is 11.6 Å². The van der Waals surface area contributed by atoms with Crippen molar-refractivity contribution in [2.24, 2.45) is 0 Å². The summed E-state index contributed by atoms with van der Waals surface area (Å²) >= 11 is 6.11. The molecule has 2 atom stereocenters. The van der Waals surface area contributed by atoms with Crippen molar-refractivity contribution < 1.29 is 80.1 Å². The van der Waals surface area contributed by atoms with Gasteiger partial charge in [0.2, 0.25) is 11.8 Å². The first-order chi connectivity index (χ1) is 22.3. The zero-order valence-electron chi connectivity index (χ0n) is 27.5. The Morgan fingerprint density at radius 3 is 2.21 bits per heavy atom. The molecule has 0 spiro atoms. The van der Waals surface area contributed by atoms with Crippen LogP contribution in [-0.2, 0) is 36.8 Å². The van der Waals surface area contributed by atoms with Crippen molar-refractivity contribution in [2.45, 2.75) is 37.8 Å². The molecule has 3 aromatic rings. The van der Waals surface area contributed by atoms with Crippen LogP contribution in [-0.4, -0.2) is 69.1 Å². The van der Waals surface area contributed by atoms with Gasteiger partial charge >= 0.3 is 51.4 Å². The Balaban J connectivity index is 0.00000265. The van der Waals surface area contributed by atoms with Crippen molar-refractivity contribution in [2.75, 3.05) is 33.9 Å². The number of amides is 2. The average Bonchev–Trinajstić information content (AvgIpc) is 3.07. The quantitative estimate of drug-likeness (QED) is 0.0896. The van der Waals surface area contributed by atoms with Crippen molar-refractivity contribution in [3.63, 3.8) is 0 Å². The van der Waals surface area contributed by atoms with Crippen molar-refractivity contribution in [1.29, 1.82) is 0 Å². The summed E-state index contributed by atoms with van der Waals surface area (Å²) in [5.74, 6) is -0.294. The summed E-state index contributed by atoms with van der Waals surface area (Å²) in [6, 6.07) is 23.1. The van der Waals surface area contributed by atoms with E-state index >= 15 is 0 Å². The van der Waals surface area contributed by atoms with E-state index in [0.717, 1.165) is 11.1 Å². The maximum atomic E-state index is 13.4. The number of halogens is 1. The number of nitrogens with one attached hydrogen (secondary N) is 1. The van der Waals surface area contributed by atoms with Gasteiger partial charge in [-0.1, -0.05) is 103 Å². The summed E-state index contributed by atoms with van der Waals surface area (Å²) < 4.78 is 9.88. The second kappa shape index (κ2) is 25.2. The number of methoxy groups -OCH3 is 1. The van der Waals surface area contributed by atoms with Crippen LogP contribution in [0.5, 0.6) is 5.75 Å². The fraction of sp³-hybridized carbons (Fsp3) is 0.306. The minimum absolute atomic E-state index is 0. The number of carbonyl (C=O) groups excluding carboxylic acids is 3.